The van der Waals surface area contributed by atoms with Crippen molar-refractivity contribution in [3.8, 4) is 5.75 Å². The van der Waals surface area contributed by atoms with Crippen LogP contribution in [-0.4, -0.2) is 23.0 Å². The molecule has 0 saturated heterocycles. The number of methoxy groups -OCH3 is 1. The summed E-state index contributed by atoms with van der Waals surface area (Å²) < 4.78 is 5.27. The van der Waals surface area contributed by atoms with E-state index in [9.17, 15) is 4.79 Å². The Kier molecular flexibility index (Phi) is 4.32. The fourth-order valence-corrected chi connectivity index (χ4v) is 2.58. The number of aromatic nitrogens is 2. The summed E-state index contributed by atoms with van der Waals surface area (Å²) in [5.74, 6) is 0.171. The lowest BCUT2D eigenvalue weighted by atomic mass is 10.2. The zero-order valence-corrected chi connectivity index (χ0v) is 13.5. The summed E-state index contributed by atoms with van der Waals surface area (Å²) in [6.07, 6.45) is 2.81. The van der Waals surface area contributed by atoms with E-state index >= 15 is 0 Å². The Labute approximate surface area is 142 Å². The van der Waals surface area contributed by atoms with Crippen LogP contribution in [0.1, 0.15) is 10.5 Å². The Bertz CT molecular complexity index is 879. The van der Waals surface area contributed by atoms with Crippen molar-refractivity contribution in [1.82, 2.24) is 9.97 Å². The van der Waals surface area contributed by atoms with Gasteiger partial charge in [0.2, 0.25) is 0 Å². The molecule has 7 heteroatoms. The molecule has 0 bridgehead atoms. The molecule has 5 nitrogen and oxygen atoms in total. The summed E-state index contributed by atoms with van der Waals surface area (Å²) in [6, 6.07) is 8.96. The molecule has 0 aliphatic rings. The molecule has 23 heavy (non-hydrogen) atoms. The van der Waals surface area contributed by atoms with E-state index in [1.54, 1.807) is 25.3 Å². The molecule has 116 valence electrons. The molecule has 2 heterocycles. The lowest BCUT2D eigenvalue weighted by molar-refractivity contribution is 0.102. The van der Waals surface area contributed by atoms with Gasteiger partial charge in [0.15, 0.2) is 0 Å². The van der Waals surface area contributed by atoms with Gasteiger partial charge < -0.3 is 10.1 Å². The summed E-state index contributed by atoms with van der Waals surface area (Å²) in [5, 5.41) is 4.03. The van der Waals surface area contributed by atoms with Gasteiger partial charge in [-0.1, -0.05) is 41.4 Å². The van der Waals surface area contributed by atoms with E-state index < -0.39 is 5.91 Å². The van der Waals surface area contributed by atoms with E-state index in [-0.39, 0.29) is 15.7 Å². The number of para-hydroxylation sites is 1. The monoisotopic (exact) mass is 347 g/mol. The molecule has 3 aromatic rings. The first-order valence-corrected chi connectivity index (χ1v) is 7.40. The second kappa shape index (κ2) is 6.40. The Morgan fingerprint density at radius 1 is 1.13 bits per heavy atom. The summed E-state index contributed by atoms with van der Waals surface area (Å²) >= 11 is 12.0. The van der Waals surface area contributed by atoms with Crippen LogP contribution in [0.2, 0.25) is 10.0 Å². The van der Waals surface area contributed by atoms with Crippen molar-refractivity contribution in [3.63, 3.8) is 0 Å². The molecule has 1 aromatic carbocycles. The van der Waals surface area contributed by atoms with Crippen molar-refractivity contribution in [3.05, 3.63) is 58.5 Å². The zero-order chi connectivity index (χ0) is 16.4. The number of carbonyl (C=O) groups excluding carboxylic acids is 1. The molecule has 1 N–H and O–H groups in total. The van der Waals surface area contributed by atoms with E-state index in [2.05, 4.69) is 15.3 Å². The molecule has 2 aromatic heterocycles. The third kappa shape index (κ3) is 3.06. The van der Waals surface area contributed by atoms with E-state index in [0.717, 1.165) is 5.39 Å². The molecule has 0 fully saturated rings. The number of nitrogens with zero attached hydrogens (tertiary/aromatic N) is 2. The Hall–Kier alpha value is -2.37. The summed E-state index contributed by atoms with van der Waals surface area (Å²) in [5.41, 5.74) is 1.13. The van der Waals surface area contributed by atoms with Crippen LogP contribution < -0.4 is 10.1 Å². The van der Waals surface area contributed by atoms with Gasteiger partial charge in [-0.15, -0.1) is 0 Å². The van der Waals surface area contributed by atoms with Gasteiger partial charge in [-0.05, 0) is 12.1 Å². The van der Waals surface area contributed by atoms with Gasteiger partial charge in [0.1, 0.15) is 17.0 Å². The number of anilines is 1. The number of benzene rings is 1. The fraction of sp³-hybridized carbons (Fsp3) is 0.0625. The highest BCUT2D eigenvalue weighted by atomic mass is 35.5. The molecular formula is C16H11Cl2N3O2. The van der Waals surface area contributed by atoms with Gasteiger partial charge in [0.25, 0.3) is 5.91 Å². The summed E-state index contributed by atoms with van der Waals surface area (Å²) in [6.45, 7) is 0. The van der Waals surface area contributed by atoms with Crippen molar-refractivity contribution >= 4 is 45.7 Å². The quantitative estimate of drug-likeness (QED) is 0.771. The largest absolute Gasteiger partial charge is 0.494 e. The van der Waals surface area contributed by atoms with E-state index in [0.29, 0.717) is 17.0 Å². The highest BCUT2D eigenvalue weighted by Gasteiger charge is 2.14. The minimum absolute atomic E-state index is 0.228. The maximum absolute atomic E-state index is 12.4. The number of halogens is 2. The van der Waals surface area contributed by atoms with Gasteiger partial charge in [-0.3, -0.25) is 9.78 Å². The van der Waals surface area contributed by atoms with Crippen molar-refractivity contribution in [2.45, 2.75) is 0 Å². The highest BCUT2D eigenvalue weighted by molar-refractivity contribution is 6.39. The van der Waals surface area contributed by atoms with Crippen molar-refractivity contribution < 1.29 is 9.53 Å². The van der Waals surface area contributed by atoms with Crippen LogP contribution in [0, 0.1) is 0 Å². The molecule has 0 aliphatic carbocycles. The van der Waals surface area contributed by atoms with Gasteiger partial charge in [0.05, 0.1) is 22.8 Å². The number of rotatable bonds is 3. The highest BCUT2D eigenvalue weighted by Crippen LogP contribution is 2.29. The third-order valence-corrected chi connectivity index (χ3v) is 3.80. The number of amides is 1. The predicted molar refractivity (Wildman–Crippen MR) is 90.5 cm³/mol. The van der Waals surface area contributed by atoms with Gasteiger partial charge in [0, 0.05) is 17.8 Å². The summed E-state index contributed by atoms with van der Waals surface area (Å²) in [4.78, 5) is 20.6. The van der Waals surface area contributed by atoms with Gasteiger partial charge in [-0.25, -0.2) is 4.98 Å². The van der Waals surface area contributed by atoms with Crippen molar-refractivity contribution in [2.24, 2.45) is 0 Å². The Morgan fingerprint density at radius 3 is 2.57 bits per heavy atom. The van der Waals surface area contributed by atoms with E-state index in [1.807, 2.05) is 12.1 Å². The van der Waals surface area contributed by atoms with E-state index in [4.69, 9.17) is 27.9 Å². The number of ether oxygens (including phenoxy) is 1. The first-order valence-electron chi connectivity index (χ1n) is 6.64. The van der Waals surface area contributed by atoms with Crippen LogP contribution in [0.4, 0.5) is 5.69 Å². The topological polar surface area (TPSA) is 64.1 Å². The fourth-order valence-electron chi connectivity index (χ4n) is 2.12. The van der Waals surface area contributed by atoms with Crippen LogP contribution in [-0.2, 0) is 0 Å². The van der Waals surface area contributed by atoms with Crippen LogP contribution >= 0.6 is 23.2 Å². The smallest absolute Gasteiger partial charge is 0.274 e. The maximum Gasteiger partial charge on any atom is 0.274 e. The Morgan fingerprint density at radius 2 is 1.87 bits per heavy atom. The molecule has 3 rings (SSSR count). The SMILES string of the molecule is COc1cccc2ccc(C(=O)Nc3c(Cl)cncc3Cl)nc12. The number of fused-ring (bicyclic) bond motifs is 1. The number of carbonyl (C=O) groups is 1. The molecule has 0 aliphatic heterocycles. The van der Waals surface area contributed by atoms with Crippen molar-refractivity contribution in [1.29, 1.82) is 0 Å². The minimum Gasteiger partial charge on any atom is -0.494 e. The second-order valence-electron chi connectivity index (χ2n) is 4.66. The van der Waals surface area contributed by atoms with Crippen LogP contribution in [0.15, 0.2) is 42.7 Å². The molecule has 0 radical (unpaired) electrons. The van der Waals surface area contributed by atoms with Gasteiger partial charge >= 0.3 is 0 Å². The lowest BCUT2D eigenvalue weighted by Crippen LogP contribution is -2.14. The first kappa shape index (κ1) is 15.5. The average molecular weight is 348 g/mol. The lowest BCUT2D eigenvalue weighted by Gasteiger charge is -2.09. The van der Waals surface area contributed by atoms with E-state index in [1.165, 1.54) is 12.4 Å². The van der Waals surface area contributed by atoms with Gasteiger partial charge in [-0.2, -0.15) is 0 Å². The maximum atomic E-state index is 12.4. The Balaban J connectivity index is 1.98. The second-order valence-corrected chi connectivity index (χ2v) is 5.48. The standard InChI is InChI=1S/C16H11Cl2N3O2/c1-23-13-4-2-3-9-5-6-12(20-14(9)13)16(22)21-15-10(17)7-19-8-11(15)18/h2-8H,1H3,(H,19,21,22). The molecule has 1 amide bonds. The number of pyridine rings is 2. The van der Waals surface area contributed by atoms with Crippen LogP contribution in [0.25, 0.3) is 10.9 Å². The molecule has 0 saturated carbocycles. The molecular weight excluding hydrogens is 337 g/mol. The summed E-state index contributed by atoms with van der Waals surface area (Å²) in [7, 11) is 1.56. The van der Waals surface area contributed by atoms with Crippen molar-refractivity contribution in [2.75, 3.05) is 12.4 Å². The first-order chi connectivity index (χ1) is 11.1. The molecule has 0 atom stereocenters. The third-order valence-electron chi connectivity index (χ3n) is 3.23. The van der Waals surface area contributed by atoms with Crippen LogP contribution in [0.3, 0.4) is 0 Å². The molecule has 0 spiro atoms. The number of hydrogen-bond acceptors (Lipinski definition) is 4. The zero-order valence-electron chi connectivity index (χ0n) is 12.0. The van der Waals surface area contributed by atoms with Crippen LogP contribution in [0.5, 0.6) is 5.75 Å². The normalized spacial score (nSPS) is 10.6. The predicted octanol–water partition coefficient (Wildman–Crippen LogP) is 4.20. The molecule has 0 unspecified atom stereocenters. The minimum atomic E-state index is -0.423. The average Bonchev–Trinajstić information content (AvgIpc) is 2.57. The number of nitrogens with one attached hydrogen (secondary N) is 1. The number of hydrogen-bond donors (Lipinski definition) is 1.